The van der Waals surface area contributed by atoms with Gasteiger partial charge in [0, 0.05) is 22.1 Å². The van der Waals surface area contributed by atoms with E-state index in [9.17, 15) is 11.0 Å². The van der Waals surface area contributed by atoms with Gasteiger partial charge in [-0.25, -0.2) is 0 Å². The van der Waals surface area contributed by atoms with Crippen LogP contribution in [0.1, 0.15) is 30.2 Å². The van der Waals surface area contributed by atoms with E-state index in [1.165, 1.54) is 12.1 Å². The lowest BCUT2D eigenvalue weighted by Crippen LogP contribution is -2.10. The molecule has 0 fully saturated rings. The van der Waals surface area contributed by atoms with Gasteiger partial charge in [0.25, 0.3) is 0 Å². The molecule has 1 heterocycles. The van der Waals surface area contributed by atoms with Crippen molar-refractivity contribution < 1.29 is 34.6 Å². The van der Waals surface area contributed by atoms with Gasteiger partial charge in [-0.15, -0.1) is 0 Å². The summed E-state index contributed by atoms with van der Waals surface area (Å²) in [4.78, 5) is 0.958. The van der Waals surface area contributed by atoms with Crippen molar-refractivity contribution in [2.24, 2.45) is 0 Å². The van der Waals surface area contributed by atoms with Crippen molar-refractivity contribution in [3.05, 3.63) is 188 Å². The standard InChI is InChI=1S/C46H31NO/c1-3-10-32(11-4-1)34-18-20-35(21-19-34)37-24-29-40(30-25-37)47(39-27-22-36(23-28-39)33-12-5-2-6-13-33)43-16-9-17-44-45(43)42-31-26-38-14-7-8-15-41(38)46(42)48-44/h1-31H/i1D,2D,3D,4D,5D,6D,10D,11D,12D,13D,18D,19D,20D,21D,22D,23D,24D,25D,27D,28D,29D,30D. The third-order valence-corrected chi connectivity index (χ3v) is 7.65. The minimum absolute atomic E-state index is 0.0522. The highest BCUT2D eigenvalue weighted by molar-refractivity contribution is 6.19. The van der Waals surface area contributed by atoms with Crippen molar-refractivity contribution >= 4 is 49.8 Å². The Labute approximate surface area is 310 Å². The SMILES string of the molecule is [2H]c1c([2H])c([2H])c(-c2c([2H])c([2H])c(-c3c([2H])c([2H])c(N(c4c([2H])c([2H])c(-c5c([2H])c([2H])c([2H])c([2H])c5[2H])c([2H])c4[2H])c4cccc5oc6c7ccccc7ccc6c45)c([2H])c3[2H])c([2H])c2[2H])c([2H])c1[2H]. The first-order valence-electron chi connectivity index (χ1n) is 25.6. The molecule has 8 aromatic carbocycles. The number of benzene rings is 8. The predicted octanol–water partition coefficient (Wildman–Crippen LogP) is 13.2. The van der Waals surface area contributed by atoms with Crippen molar-refractivity contribution in [2.45, 2.75) is 0 Å². The van der Waals surface area contributed by atoms with E-state index < -0.39 is 178 Å². The molecule has 0 N–H and O–H groups in total. The van der Waals surface area contributed by atoms with Gasteiger partial charge in [-0.2, -0.15) is 0 Å². The second-order valence-electron chi connectivity index (χ2n) is 10.4. The van der Waals surface area contributed by atoms with Crippen LogP contribution < -0.4 is 4.90 Å². The van der Waals surface area contributed by atoms with E-state index in [0.29, 0.717) is 16.4 Å². The minimum Gasteiger partial charge on any atom is -0.455 e. The number of anilines is 3. The van der Waals surface area contributed by atoms with Gasteiger partial charge in [-0.3, -0.25) is 0 Å². The number of furan rings is 1. The monoisotopic (exact) mass is 635 g/mol. The lowest BCUT2D eigenvalue weighted by Gasteiger charge is -2.26. The highest BCUT2D eigenvalue weighted by Crippen LogP contribution is 2.44. The summed E-state index contributed by atoms with van der Waals surface area (Å²) in [5, 5.41) is 2.15. The van der Waals surface area contributed by atoms with Gasteiger partial charge in [-0.1, -0.05) is 145 Å². The summed E-state index contributed by atoms with van der Waals surface area (Å²) in [7, 11) is 0. The third kappa shape index (κ3) is 4.92. The molecule has 0 saturated carbocycles. The van der Waals surface area contributed by atoms with Gasteiger partial charge in [0.15, 0.2) is 0 Å². The Bertz CT molecular complexity index is 3680. The van der Waals surface area contributed by atoms with Gasteiger partial charge in [0.1, 0.15) is 11.2 Å². The van der Waals surface area contributed by atoms with E-state index >= 15 is 0 Å². The lowest BCUT2D eigenvalue weighted by molar-refractivity contribution is 0.672. The van der Waals surface area contributed by atoms with Crippen molar-refractivity contribution in [2.75, 3.05) is 4.90 Å². The fourth-order valence-corrected chi connectivity index (χ4v) is 5.47. The molecule has 2 nitrogen and oxygen atoms in total. The maximum absolute atomic E-state index is 9.58. The summed E-state index contributed by atoms with van der Waals surface area (Å²) in [5.74, 6) is 0. The maximum atomic E-state index is 9.58. The molecule has 0 aliphatic rings. The molecular formula is C46H31NO. The van der Waals surface area contributed by atoms with Crippen LogP contribution in [-0.2, 0) is 0 Å². The van der Waals surface area contributed by atoms with Gasteiger partial charge in [0.05, 0.1) is 41.2 Å². The van der Waals surface area contributed by atoms with E-state index in [2.05, 4.69) is 0 Å². The number of rotatable bonds is 6. The molecule has 1 aromatic heterocycles. The first kappa shape index (κ1) is 13.4. The summed E-state index contributed by atoms with van der Waals surface area (Å²) in [6.07, 6.45) is 0. The molecule has 0 aliphatic carbocycles. The zero-order valence-corrected chi connectivity index (χ0v) is 24.6. The fourth-order valence-electron chi connectivity index (χ4n) is 5.47. The average molecular weight is 636 g/mol. The van der Waals surface area contributed by atoms with Gasteiger partial charge < -0.3 is 9.32 Å². The van der Waals surface area contributed by atoms with E-state index in [-0.39, 0.29) is 16.7 Å². The second-order valence-corrected chi connectivity index (χ2v) is 10.4. The Morgan fingerprint density at radius 2 is 0.917 bits per heavy atom. The molecular weight excluding hydrogens is 583 g/mol. The Morgan fingerprint density at radius 1 is 0.417 bits per heavy atom. The van der Waals surface area contributed by atoms with E-state index in [1.54, 1.807) is 30.3 Å². The summed E-state index contributed by atoms with van der Waals surface area (Å²) < 4.78 is 201. The highest BCUT2D eigenvalue weighted by atomic mass is 16.3. The lowest BCUT2D eigenvalue weighted by atomic mass is 9.99. The van der Waals surface area contributed by atoms with Crippen molar-refractivity contribution in [1.29, 1.82) is 0 Å². The number of hydrogen-bond donors (Lipinski definition) is 0. The van der Waals surface area contributed by atoms with Crippen LogP contribution in [0.5, 0.6) is 0 Å². The number of hydrogen-bond acceptors (Lipinski definition) is 2. The molecule has 0 aliphatic heterocycles. The van der Waals surface area contributed by atoms with Crippen LogP contribution in [0.2, 0.25) is 0 Å². The van der Waals surface area contributed by atoms with Crippen LogP contribution in [0.4, 0.5) is 17.1 Å². The molecule has 0 saturated heterocycles. The van der Waals surface area contributed by atoms with Crippen molar-refractivity contribution in [3.63, 3.8) is 0 Å². The Morgan fingerprint density at radius 3 is 1.48 bits per heavy atom. The van der Waals surface area contributed by atoms with Crippen molar-refractivity contribution in [3.8, 4) is 33.4 Å². The largest absolute Gasteiger partial charge is 0.455 e. The smallest absolute Gasteiger partial charge is 0.143 e. The highest BCUT2D eigenvalue weighted by Gasteiger charge is 2.20. The molecule has 48 heavy (non-hydrogen) atoms. The number of fused-ring (bicyclic) bond motifs is 5. The van der Waals surface area contributed by atoms with E-state index in [0.717, 1.165) is 10.3 Å². The van der Waals surface area contributed by atoms with Crippen LogP contribution in [0.25, 0.3) is 66.1 Å². The summed E-state index contributed by atoms with van der Waals surface area (Å²) >= 11 is 0. The van der Waals surface area contributed by atoms with Crippen molar-refractivity contribution in [1.82, 2.24) is 0 Å². The molecule has 9 rings (SSSR count). The third-order valence-electron chi connectivity index (χ3n) is 7.65. The summed E-state index contributed by atoms with van der Waals surface area (Å²) in [6, 6.07) is -3.87. The Hall–Kier alpha value is -6.38. The first-order valence-corrected chi connectivity index (χ1v) is 14.6. The van der Waals surface area contributed by atoms with E-state index in [1.807, 2.05) is 12.1 Å². The molecule has 9 aromatic rings. The molecule has 0 unspecified atom stereocenters. The normalized spacial score (nSPS) is 17.8. The van der Waals surface area contributed by atoms with E-state index in [4.69, 9.17) is 23.6 Å². The van der Waals surface area contributed by atoms with Gasteiger partial charge >= 0.3 is 0 Å². The Balaban J connectivity index is 1.38. The number of nitrogens with zero attached hydrogens (tertiary/aromatic N) is 1. The van der Waals surface area contributed by atoms with Crippen LogP contribution in [0, 0.1) is 0 Å². The average Bonchev–Trinajstić information content (AvgIpc) is 3.74. The van der Waals surface area contributed by atoms with Gasteiger partial charge in [-0.05, 0) is 81.1 Å². The van der Waals surface area contributed by atoms with Crippen LogP contribution in [0.15, 0.2) is 192 Å². The maximum Gasteiger partial charge on any atom is 0.143 e. The molecule has 0 bridgehead atoms. The second kappa shape index (κ2) is 11.8. The quantitative estimate of drug-likeness (QED) is 0.181. The fraction of sp³-hybridized carbons (Fsp3) is 0. The minimum atomic E-state index is -0.960. The molecule has 0 radical (unpaired) electrons. The molecule has 2 heteroatoms. The van der Waals surface area contributed by atoms with Gasteiger partial charge in [0.2, 0.25) is 0 Å². The predicted molar refractivity (Wildman–Crippen MR) is 202 cm³/mol. The summed E-state index contributed by atoms with van der Waals surface area (Å²) in [5.41, 5.74) is -4.97. The van der Waals surface area contributed by atoms with Crippen LogP contribution >= 0.6 is 0 Å². The Kier molecular flexibility index (Phi) is 3.28. The molecule has 226 valence electrons. The summed E-state index contributed by atoms with van der Waals surface area (Å²) in [6.45, 7) is 0. The molecule has 0 atom stereocenters. The zero-order chi connectivity index (χ0) is 51.0. The van der Waals surface area contributed by atoms with Crippen LogP contribution in [-0.4, -0.2) is 0 Å². The zero-order valence-electron chi connectivity index (χ0n) is 46.6. The first-order chi connectivity index (χ1) is 33.0. The van der Waals surface area contributed by atoms with Crippen LogP contribution in [0.3, 0.4) is 0 Å². The topological polar surface area (TPSA) is 16.4 Å². The molecule has 0 spiro atoms. The molecule has 0 amide bonds.